The number of alkyl halides is 1. The first-order valence-electron chi connectivity index (χ1n) is 5.04. The van der Waals surface area contributed by atoms with Gasteiger partial charge in [0.2, 0.25) is 0 Å². The van der Waals surface area contributed by atoms with Crippen LogP contribution >= 0.6 is 11.6 Å². The van der Waals surface area contributed by atoms with Crippen molar-refractivity contribution in [2.24, 2.45) is 0 Å². The molecule has 74 valence electrons. The van der Waals surface area contributed by atoms with Crippen molar-refractivity contribution in [2.45, 2.75) is 11.8 Å². The SMILES string of the molecule is ClC1C=CC=C2C=C3CC=CC=C3[As]=C21. The van der Waals surface area contributed by atoms with Crippen LogP contribution in [0.25, 0.3) is 0 Å². The molecule has 0 nitrogen and oxygen atoms in total. The Morgan fingerprint density at radius 1 is 1.27 bits per heavy atom. The van der Waals surface area contributed by atoms with Crippen LogP contribution in [0.3, 0.4) is 0 Å². The van der Waals surface area contributed by atoms with E-state index in [1.54, 1.807) is 0 Å². The summed E-state index contributed by atoms with van der Waals surface area (Å²) in [5.74, 6) is 0. The molecule has 1 aliphatic heterocycles. The van der Waals surface area contributed by atoms with Crippen LogP contribution in [0.5, 0.6) is 0 Å². The van der Waals surface area contributed by atoms with Crippen LogP contribution in [-0.4, -0.2) is 25.0 Å². The van der Waals surface area contributed by atoms with Crippen LogP contribution in [0.2, 0.25) is 0 Å². The van der Waals surface area contributed by atoms with Gasteiger partial charge in [-0.1, -0.05) is 0 Å². The van der Waals surface area contributed by atoms with Gasteiger partial charge in [-0.15, -0.1) is 0 Å². The summed E-state index contributed by atoms with van der Waals surface area (Å²) in [4.78, 5) is 0. The van der Waals surface area contributed by atoms with Crippen LogP contribution in [0, 0.1) is 0 Å². The Bertz CT molecular complexity index is 487. The van der Waals surface area contributed by atoms with E-state index in [1.807, 2.05) is 0 Å². The first-order chi connectivity index (χ1) is 7.34. The molecule has 1 heterocycles. The normalized spacial score (nSPS) is 28.2. The fourth-order valence-electron chi connectivity index (χ4n) is 1.97. The predicted molar refractivity (Wildman–Crippen MR) is 67.5 cm³/mol. The summed E-state index contributed by atoms with van der Waals surface area (Å²) < 4.78 is 2.97. The van der Waals surface area contributed by atoms with Gasteiger partial charge in [-0.2, -0.15) is 0 Å². The van der Waals surface area contributed by atoms with Crippen molar-refractivity contribution in [1.82, 2.24) is 0 Å². The third kappa shape index (κ3) is 1.66. The van der Waals surface area contributed by atoms with Crippen molar-refractivity contribution in [3.8, 4) is 0 Å². The molecule has 0 fully saturated rings. The van der Waals surface area contributed by atoms with Crippen molar-refractivity contribution in [3.05, 3.63) is 58.0 Å². The average molecular weight is 277 g/mol. The summed E-state index contributed by atoms with van der Waals surface area (Å²) in [7, 11) is 0. The summed E-state index contributed by atoms with van der Waals surface area (Å²) in [5, 5.41) is 0.120. The van der Waals surface area contributed by atoms with Crippen molar-refractivity contribution in [3.63, 3.8) is 0 Å². The van der Waals surface area contributed by atoms with Gasteiger partial charge < -0.3 is 0 Å². The van der Waals surface area contributed by atoms with Crippen molar-refractivity contribution in [2.75, 3.05) is 0 Å². The van der Waals surface area contributed by atoms with Gasteiger partial charge in [0.05, 0.1) is 0 Å². The van der Waals surface area contributed by atoms with Crippen molar-refractivity contribution in [1.29, 1.82) is 0 Å². The maximum atomic E-state index is 6.31. The van der Waals surface area contributed by atoms with Crippen LogP contribution in [-0.2, 0) is 0 Å². The van der Waals surface area contributed by atoms with E-state index in [-0.39, 0.29) is 20.7 Å². The summed E-state index contributed by atoms with van der Waals surface area (Å²) in [5.41, 5.74) is 2.85. The second-order valence-electron chi connectivity index (χ2n) is 3.76. The van der Waals surface area contributed by atoms with E-state index in [2.05, 4.69) is 42.5 Å². The van der Waals surface area contributed by atoms with Crippen molar-refractivity contribution >= 4 is 31.2 Å². The van der Waals surface area contributed by atoms with Gasteiger partial charge in [0, 0.05) is 0 Å². The molecule has 15 heavy (non-hydrogen) atoms. The number of fused-ring (bicyclic) bond motifs is 2. The van der Waals surface area contributed by atoms with E-state index in [0.717, 1.165) is 6.42 Å². The Morgan fingerprint density at radius 2 is 2.20 bits per heavy atom. The van der Waals surface area contributed by atoms with E-state index < -0.39 is 0 Å². The van der Waals surface area contributed by atoms with Gasteiger partial charge in [0.1, 0.15) is 0 Å². The third-order valence-corrected chi connectivity index (χ3v) is 6.49. The van der Waals surface area contributed by atoms with Crippen LogP contribution in [0.15, 0.2) is 58.0 Å². The molecule has 1 atom stereocenters. The first-order valence-corrected chi connectivity index (χ1v) is 7.35. The van der Waals surface area contributed by atoms with Gasteiger partial charge in [0.15, 0.2) is 0 Å². The number of allylic oxidation sites excluding steroid dienone is 10. The molecular weight excluding hydrogens is 267 g/mol. The number of rotatable bonds is 0. The molecule has 0 saturated heterocycles. The summed E-state index contributed by atoms with van der Waals surface area (Å²) in [6, 6.07) is 0. The standard InChI is InChI=1S/C13H10AsCl/c15-12-7-3-5-10-8-9-4-1-2-6-11(9)14-13(10)12/h1-3,5-8,12H,4H2. The van der Waals surface area contributed by atoms with E-state index in [0.29, 0.717) is 0 Å². The molecule has 0 saturated carbocycles. The minimum atomic E-state index is 0.115. The molecule has 3 aliphatic rings. The molecule has 0 N–H and O–H groups in total. The Labute approximate surface area is 101 Å². The number of hydrogen-bond donors (Lipinski definition) is 0. The van der Waals surface area contributed by atoms with Gasteiger partial charge in [0.25, 0.3) is 0 Å². The van der Waals surface area contributed by atoms with Crippen LogP contribution < -0.4 is 0 Å². The molecule has 0 spiro atoms. The Morgan fingerprint density at radius 3 is 3.13 bits per heavy atom. The molecule has 0 amide bonds. The minimum absolute atomic E-state index is 0.115. The molecule has 0 radical (unpaired) electrons. The van der Waals surface area contributed by atoms with Gasteiger partial charge >= 0.3 is 101 Å². The quantitative estimate of drug-likeness (QED) is 0.471. The molecule has 3 rings (SSSR count). The maximum absolute atomic E-state index is 6.31. The van der Waals surface area contributed by atoms with E-state index in [9.17, 15) is 0 Å². The molecular formula is C13H10AsCl. The number of halogens is 1. The van der Waals surface area contributed by atoms with E-state index >= 15 is 0 Å². The van der Waals surface area contributed by atoms with Crippen molar-refractivity contribution < 1.29 is 0 Å². The molecule has 2 heteroatoms. The molecule has 0 bridgehead atoms. The fourth-order valence-corrected chi connectivity index (χ4v) is 4.94. The topological polar surface area (TPSA) is 0 Å². The second kappa shape index (κ2) is 3.77. The zero-order valence-electron chi connectivity index (χ0n) is 8.15. The second-order valence-corrected chi connectivity index (χ2v) is 6.72. The van der Waals surface area contributed by atoms with Crippen LogP contribution in [0.4, 0.5) is 0 Å². The molecule has 0 aromatic carbocycles. The zero-order valence-corrected chi connectivity index (χ0v) is 10.8. The zero-order chi connectivity index (χ0) is 10.3. The third-order valence-electron chi connectivity index (χ3n) is 2.74. The fraction of sp³-hybridized carbons (Fsp3) is 0.154. The number of hydrogen-bond acceptors (Lipinski definition) is 0. The first kappa shape index (κ1) is 9.63. The van der Waals surface area contributed by atoms with Gasteiger partial charge in [-0.25, -0.2) is 0 Å². The summed E-state index contributed by atoms with van der Waals surface area (Å²) >= 11 is 6.42. The summed E-state index contributed by atoms with van der Waals surface area (Å²) in [6.07, 6.45) is 16.4. The van der Waals surface area contributed by atoms with E-state index in [4.69, 9.17) is 11.6 Å². The van der Waals surface area contributed by atoms with E-state index in [1.165, 1.54) is 19.8 Å². The van der Waals surface area contributed by atoms with Gasteiger partial charge in [-0.05, 0) is 0 Å². The predicted octanol–water partition coefficient (Wildman–Crippen LogP) is 2.75. The average Bonchev–Trinajstić information content (AvgIpc) is 2.27. The Hall–Kier alpha value is -0.582. The molecule has 1 unspecified atom stereocenters. The molecule has 2 aliphatic carbocycles. The molecule has 0 aromatic heterocycles. The van der Waals surface area contributed by atoms with Crippen LogP contribution in [0.1, 0.15) is 6.42 Å². The Balaban J connectivity index is 2.12. The monoisotopic (exact) mass is 276 g/mol. The Kier molecular flexibility index (Phi) is 2.42. The molecule has 0 aromatic rings. The van der Waals surface area contributed by atoms with Gasteiger partial charge in [-0.3, -0.25) is 0 Å². The summed E-state index contributed by atoms with van der Waals surface area (Å²) in [6.45, 7) is 0.